The van der Waals surface area contributed by atoms with E-state index in [0.717, 1.165) is 0 Å². The molecule has 0 radical (unpaired) electrons. The number of hydrogen-bond donors (Lipinski definition) is 1. The highest BCUT2D eigenvalue weighted by atomic mass is 79.9. The van der Waals surface area contributed by atoms with E-state index >= 15 is 0 Å². The fourth-order valence-corrected chi connectivity index (χ4v) is 3.04. The van der Waals surface area contributed by atoms with Gasteiger partial charge in [-0.15, -0.1) is 0 Å². The van der Waals surface area contributed by atoms with Gasteiger partial charge in [-0.05, 0) is 57.8 Å². The number of amides is 1. The first-order valence-corrected chi connectivity index (χ1v) is 7.62. The molecule has 0 aliphatic heterocycles. The summed E-state index contributed by atoms with van der Waals surface area (Å²) in [5.41, 5.74) is 0.131. The van der Waals surface area contributed by atoms with E-state index < -0.39 is 5.97 Å². The molecule has 0 heterocycles. The van der Waals surface area contributed by atoms with Crippen molar-refractivity contribution in [3.05, 3.63) is 26.6 Å². The molecule has 1 rings (SSSR count). The van der Waals surface area contributed by atoms with Gasteiger partial charge in [-0.25, -0.2) is 4.79 Å². The van der Waals surface area contributed by atoms with E-state index in [1.54, 1.807) is 4.90 Å². The van der Waals surface area contributed by atoms with Crippen molar-refractivity contribution in [1.29, 1.82) is 0 Å². The SMILES string of the molecule is CCN(CC)C(=O)COc1c(Br)cc(C(=O)O)cc1Br. The van der Waals surface area contributed by atoms with Gasteiger partial charge in [0.15, 0.2) is 6.61 Å². The number of nitrogens with zero attached hydrogens (tertiary/aromatic N) is 1. The number of likely N-dealkylation sites (N-methyl/N-ethyl adjacent to an activating group) is 1. The fourth-order valence-electron chi connectivity index (χ4n) is 1.62. The number of ether oxygens (including phenoxy) is 1. The average molecular weight is 409 g/mol. The Balaban J connectivity index is 2.84. The monoisotopic (exact) mass is 407 g/mol. The summed E-state index contributed by atoms with van der Waals surface area (Å²) in [4.78, 5) is 24.4. The van der Waals surface area contributed by atoms with Gasteiger partial charge in [0.05, 0.1) is 14.5 Å². The Morgan fingerprint density at radius 2 is 1.70 bits per heavy atom. The van der Waals surface area contributed by atoms with Crippen LogP contribution in [-0.4, -0.2) is 41.6 Å². The molecule has 5 nitrogen and oxygen atoms in total. The predicted molar refractivity (Wildman–Crippen MR) is 82.2 cm³/mol. The highest BCUT2D eigenvalue weighted by Crippen LogP contribution is 2.34. The number of rotatable bonds is 6. The van der Waals surface area contributed by atoms with Crippen LogP contribution in [0.4, 0.5) is 0 Å². The maximum Gasteiger partial charge on any atom is 0.335 e. The van der Waals surface area contributed by atoms with Crippen molar-refractivity contribution in [2.75, 3.05) is 19.7 Å². The van der Waals surface area contributed by atoms with Crippen LogP contribution in [0.1, 0.15) is 24.2 Å². The van der Waals surface area contributed by atoms with Gasteiger partial charge in [-0.1, -0.05) is 0 Å². The van der Waals surface area contributed by atoms with Crippen molar-refractivity contribution < 1.29 is 19.4 Å². The highest BCUT2D eigenvalue weighted by Gasteiger charge is 2.15. The lowest BCUT2D eigenvalue weighted by Gasteiger charge is -2.19. The summed E-state index contributed by atoms with van der Waals surface area (Å²) < 4.78 is 6.44. The molecule has 1 amide bonds. The van der Waals surface area contributed by atoms with Crippen LogP contribution in [0.5, 0.6) is 5.75 Å². The molecule has 0 aliphatic carbocycles. The quantitative estimate of drug-likeness (QED) is 0.784. The second kappa shape index (κ2) is 7.64. The number of carbonyl (C=O) groups excluding carboxylic acids is 1. The van der Waals surface area contributed by atoms with Crippen molar-refractivity contribution in [2.24, 2.45) is 0 Å². The first-order valence-electron chi connectivity index (χ1n) is 6.03. The Labute approximate surface area is 134 Å². The fraction of sp³-hybridized carbons (Fsp3) is 0.385. The number of carboxylic acids is 1. The number of hydrogen-bond acceptors (Lipinski definition) is 3. The van der Waals surface area contributed by atoms with Crippen LogP contribution in [0.3, 0.4) is 0 Å². The molecule has 1 aromatic carbocycles. The smallest absolute Gasteiger partial charge is 0.335 e. The number of carboxylic acid groups (broad SMARTS) is 1. The minimum absolute atomic E-state index is 0.0920. The zero-order valence-corrected chi connectivity index (χ0v) is 14.3. The largest absolute Gasteiger partial charge is 0.481 e. The second-order valence-electron chi connectivity index (χ2n) is 3.93. The van der Waals surface area contributed by atoms with Crippen LogP contribution < -0.4 is 4.74 Å². The zero-order valence-electron chi connectivity index (χ0n) is 11.2. The third kappa shape index (κ3) is 4.21. The molecule has 0 saturated heterocycles. The molecule has 7 heteroatoms. The summed E-state index contributed by atoms with van der Waals surface area (Å²) in [6, 6.07) is 2.87. The minimum atomic E-state index is -1.03. The van der Waals surface area contributed by atoms with Crippen molar-refractivity contribution >= 4 is 43.7 Å². The summed E-state index contributed by atoms with van der Waals surface area (Å²) in [5.74, 6) is -0.733. The number of carbonyl (C=O) groups is 2. The third-order valence-corrected chi connectivity index (χ3v) is 3.88. The molecular weight excluding hydrogens is 394 g/mol. The molecule has 110 valence electrons. The number of aromatic carboxylic acids is 1. The predicted octanol–water partition coefficient (Wildman–Crippen LogP) is 3.16. The lowest BCUT2D eigenvalue weighted by molar-refractivity contribution is -0.133. The lowest BCUT2D eigenvalue weighted by atomic mass is 10.2. The molecule has 0 fully saturated rings. The molecule has 20 heavy (non-hydrogen) atoms. The summed E-state index contributed by atoms with van der Waals surface area (Å²) in [5, 5.41) is 8.94. The highest BCUT2D eigenvalue weighted by molar-refractivity contribution is 9.11. The molecule has 1 N–H and O–H groups in total. The number of halogens is 2. The summed E-state index contributed by atoms with van der Waals surface area (Å²) in [7, 11) is 0. The van der Waals surface area contributed by atoms with Crippen LogP contribution in [-0.2, 0) is 4.79 Å². The van der Waals surface area contributed by atoms with Crippen molar-refractivity contribution in [3.8, 4) is 5.75 Å². The first-order chi connectivity index (χ1) is 9.40. The maximum absolute atomic E-state index is 11.9. The van der Waals surface area contributed by atoms with Gasteiger partial charge in [0.2, 0.25) is 0 Å². The zero-order chi connectivity index (χ0) is 15.3. The molecule has 0 aliphatic rings. The van der Waals surface area contributed by atoms with Gasteiger partial charge in [0.1, 0.15) is 5.75 Å². The van der Waals surface area contributed by atoms with E-state index in [1.807, 2.05) is 13.8 Å². The second-order valence-corrected chi connectivity index (χ2v) is 5.64. The normalized spacial score (nSPS) is 10.2. The Bertz CT molecular complexity index is 492. The van der Waals surface area contributed by atoms with Gasteiger partial charge in [0.25, 0.3) is 5.91 Å². The summed E-state index contributed by atoms with van der Waals surface area (Å²) >= 11 is 6.49. The van der Waals surface area contributed by atoms with Crippen molar-refractivity contribution in [2.45, 2.75) is 13.8 Å². The van der Waals surface area contributed by atoms with Crippen LogP contribution in [0, 0.1) is 0 Å². The summed E-state index contributed by atoms with van der Waals surface area (Å²) in [6.45, 7) is 4.95. The van der Waals surface area contributed by atoms with E-state index in [2.05, 4.69) is 31.9 Å². The standard InChI is InChI=1S/C13H15Br2NO4/c1-3-16(4-2)11(17)7-20-12-9(14)5-8(13(18)19)6-10(12)15/h5-6H,3-4,7H2,1-2H3,(H,18,19). The summed E-state index contributed by atoms with van der Waals surface area (Å²) in [6.07, 6.45) is 0. The Morgan fingerprint density at radius 1 is 1.20 bits per heavy atom. The Hall–Kier alpha value is -1.08. The van der Waals surface area contributed by atoms with Crippen molar-refractivity contribution in [3.63, 3.8) is 0 Å². The van der Waals surface area contributed by atoms with Crippen LogP contribution in [0.2, 0.25) is 0 Å². The van der Waals surface area contributed by atoms with Crippen molar-refractivity contribution in [1.82, 2.24) is 4.90 Å². The van der Waals surface area contributed by atoms with Crippen LogP contribution in [0.25, 0.3) is 0 Å². The third-order valence-electron chi connectivity index (χ3n) is 2.70. The Kier molecular flexibility index (Phi) is 6.48. The van der Waals surface area contributed by atoms with Crippen LogP contribution in [0.15, 0.2) is 21.1 Å². The van der Waals surface area contributed by atoms with E-state index in [4.69, 9.17) is 9.84 Å². The molecule has 1 aromatic rings. The molecule has 0 atom stereocenters. The Morgan fingerprint density at radius 3 is 2.10 bits per heavy atom. The van der Waals surface area contributed by atoms with Gasteiger partial charge in [-0.2, -0.15) is 0 Å². The van der Waals surface area contributed by atoms with E-state index in [-0.39, 0.29) is 18.1 Å². The molecule has 0 unspecified atom stereocenters. The molecule has 0 spiro atoms. The first kappa shape index (κ1) is 17.0. The van der Waals surface area contributed by atoms with Crippen LogP contribution >= 0.6 is 31.9 Å². The lowest BCUT2D eigenvalue weighted by Crippen LogP contribution is -2.34. The van der Waals surface area contributed by atoms with Gasteiger partial charge in [0, 0.05) is 13.1 Å². The molecule has 0 aromatic heterocycles. The molecule has 0 saturated carbocycles. The van der Waals surface area contributed by atoms with Gasteiger partial charge >= 0.3 is 5.97 Å². The maximum atomic E-state index is 11.9. The minimum Gasteiger partial charge on any atom is -0.481 e. The van der Waals surface area contributed by atoms with Gasteiger partial charge < -0.3 is 14.7 Å². The van der Waals surface area contributed by atoms with E-state index in [0.29, 0.717) is 27.8 Å². The van der Waals surface area contributed by atoms with E-state index in [9.17, 15) is 9.59 Å². The average Bonchev–Trinajstić information content (AvgIpc) is 2.38. The molecule has 0 bridgehead atoms. The number of benzene rings is 1. The van der Waals surface area contributed by atoms with Gasteiger partial charge in [-0.3, -0.25) is 4.79 Å². The molecular formula is C13H15Br2NO4. The topological polar surface area (TPSA) is 66.8 Å². The van der Waals surface area contributed by atoms with E-state index in [1.165, 1.54) is 12.1 Å².